The highest BCUT2D eigenvalue weighted by Crippen LogP contribution is 2.11. The Balaban J connectivity index is 2.33. The number of nitrogens with zero attached hydrogens (tertiary/aromatic N) is 2. The minimum Gasteiger partial charge on any atom is -0.469 e. The summed E-state index contributed by atoms with van der Waals surface area (Å²) in [6.45, 7) is 8.13. The van der Waals surface area contributed by atoms with Crippen LogP contribution in [0, 0.1) is 5.92 Å². The highest BCUT2D eigenvalue weighted by Gasteiger charge is 2.26. The molecule has 0 saturated carbocycles. The minimum atomic E-state index is -3.24. The third-order valence-electron chi connectivity index (χ3n) is 3.76. The molecule has 0 aromatic rings. The summed E-state index contributed by atoms with van der Waals surface area (Å²) in [6.07, 6.45) is 1.62. The number of piperazine rings is 1. The lowest BCUT2D eigenvalue weighted by Crippen LogP contribution is -2.49. The molecule has 124 valence electrons. The van der Waals surface area contributed by atoms with E-state index in [9.17, 15) is 13.2 Å². The van der Waals surface area contributed by atoms with E-state index in [-0.39, 0.29) is 18.1 Å². The van der Waals surface area contributed by atoms with Crippen molar-refractivity contribution in [3.63, 3.8) is 0 Å². The molecule has 0 aliphatic carbocycles. The smallest absolute Gasteiger partial charge is 0.305 e. The molecule has 0 bridgehead atoms. The molecule has 1 fully saturated rings. The molecular weight excluding hydrogens is 292 g/mol. The molecule has 1 saturated heterocycles. The van der Waals surface area contributed by atoms with E-state index >= 15 is 0 Å². The fraction of sp³-hybridized carbons (Fsp3) is 0.929. The van der Waals surface area contributed by atoms with E-state index in [4.69, 9.17) is 0 Å². The summed E-state index contributed by atoms with van der Waals surface area (Å²) in [5, 5.41) is 0. The molecule has 21 heavy (non-hydrogen) atoms. The molecule has 1 aliphatic heterocycles. The monoisotopic (exact) mass is 320 g/mol. The predicted molar refractivity (Wildman–Crippen MR) is 82.5 cm³/mol. The molecule has 0 aromatic heterocycles. The molecule has 0 aromatic carbocycles. The third-order valence-corrected chi connectivity index (χ3v) is 5.71. The van der Waals surface area contributed by atoms with Crippen LogP contribution < -0.4 is 0 Å². The zero-order valence-corrected chi connectivity index (χ0v) is 14.2. The van der Waals surface area contributed by atoms with Gasteiger partial charge in [0.2, 0.25) is 10.0 Å². The Morgan fingerprint density at radius 1 is 1.19 bits per heavy atom. The summed E-state index contributed by atoms with van der Waals surface area (Å²) in [5.74, 6) is 0.336. The SMILES string of the molecule is COC(=O)CCCS(=O)(=O)N1CCN(CCC(C)C)CC1. The zero-order valence-electron chi connectivity index (χ0n) is 13.4. The second-order valence-corrected chi connectivity index (χ2v) is 8.01. The average Bonchev–Trinajstić information content (AvgIpc) is 2.45. The van der Waals surface area contributed by atoms with Crippen LogP contribution in [0.25, 0.3) is 0 Å². The van der Waals surface area contributed by atoms with E-state index in [1.807, 2.05) is 0 Å². The number of sulfonamides is 1. The van der Waals surface area contributed by atoms with E-state index in [1.54, 1.807) is 4.31 Å². The predicted octanol–water partition coefficient (Wildman–Crippen LogP) is 0.933. The number of hydrogen-bond acceptors (Lipinski definition) is 5. The van der Waals surface area contributed by atoms with Gasteiger partial charge in [0.1, 0.15) is 0 Å². The van der Waals surface area contributed by atoms with Gasteiger partial charge < -0.3 is 9.64 Å². The van der Waals surface area contributed by atoms with Gasteiger partial charge in [-0.25, -0.2) is 8.42 Å². The molecule has 0 amide bonds. The largest absolute Gasteiger partial charge is 0.469 e. The number of carbonyl (C=O) groups excluding carboxylic acids is 1. The lowest BCUT2D eigenvalue weighted by molar-refractivity contribution is -0.140. The van der Waals surface area contributed by atoms with Crippen LogP contribution in [0.3, 0.4) is 0 Å². The van der Waals surface area contributed by atoms with E-state index in [1.165, 1.54) is 7.11 Å². The number of rotatable bonds is 8. The zero-order chi connectivity index (χ0) is 15.9. The average molecular weight is 320 g/mol. The van der Waals surface area contributed by atoms with E-state index < -0.39 is 10.0 Å². The fourth-order valence-corrected chi connectivity index (χ4v) is 3.79. The van der Waals surface area contributed by atoms with Gasteiger partial charge in [-0.2, -0.15) is 4.31 Å². The Hall–Kier alpha value is -0.660. The molecular formula is C14H28N2O4S. The van der Waals surface area contributed by atoms with Crippen LogP contribution in [0.2, 0.25) is 0 Å². The second-order valence-electron chi connectivity index (χ2n) is 5.92. The first-order valence-corrected chi connectivity index (χ1v) is 9.23. The van der Waals surface area contributed by atoms with Crippen molar-refractivity contribution in [1.29, 1.82) is 0 Å². The van der Waals surface area contributed by atoms with Gasteiger partial charge in [0, 0.05) is 32.6 Å². The first-order chi connectivity index (χ1) is 9.85. The van der Waals surface area contributed by atoms with Gasteiger partial charge in [-0.15, -0.1) is 0 Å². The number of methoxy groups -OCH3 is 1. The Bertz CT molecular complexity index is 415. The maximum Gasteiger partial charge on any atom is 0.305 e. The van der Waals surface area contributed by atoms with Gasteiger partial charge in [-0.05, 0) is 25.3 Å². The second kappa shape index (κ2) is 8.70. The molecule has 1 rings (SSSR count). The number of ether oxygens (including phenoxy) is 1. The normalized spacial score (nSPS) is 18.1. The summed E-state index contributed by atoms with van der Waals surface area (Å²) < 4.78 is 30.4. The number of hydrogen-bond donors (Lipinski definition) is 0. The molecule has 1 aliphatic rings. The van der Waals surface area contributed by atoms with Crippen LogP contribution >= 0.6 is 0 Å². The van der Waals surface area contributed by atoms with Crippen molar-refractivity contribution in [3.05, 3.63) is 0 Å². The lowest BCUT2D eigenvalue weighted by atomic mass is 10.1. The maximum absolute atomic E-state index is 12.2. The maximum atomic E-state index is 12.2. The Morgan fingerprint density at radius 2 is 1.81 bits per heavy atom. The van der Waals surface area contributed by atoms with Crippen molar-refractivity contribution in [2.75, 3.05) is 45.6 Å². The van der Waals surface area contributed by atoms with Crippen LogP contribution in [0.5, 0.6) is 0 Å². The molecule has 6 nitrogen and oxygen atoms in total. The fourth-order valence-electron chi connectivity index (χ4n) is 2.30. The standard InChI is InChI=1S/C14H28N2O4S/c1-13(2)6-7-15-8-10-16(11-9-15)21(18,19)12-4-5-14(17)20-3/h13H,4-12H2,1-3H3. The third kappa shape index (κ3) is 6.76. The molecule has 0 spiro atoms. The van der Waals surface area contributed by atoms with Crippen LogP contribution in [-0.4, -0.2) is 69.2 Å². The van der Waals surface area contributed by atoms with Gasteiger partial charge in [0.15, 0.2) is 0 Å². The van der Waals surface area contributed by atoms with Crippen molar-refractivity contribution < 1.29 is 17.9 Å². The summed E-state index contributed by atoms with van der Waals surface area (Å²) in [4.78, 5) is 13.3. The number of esters is 1. The highest BCUT2D eigenvalue weighted by atomic mass is 32.2. The first kappa shape index (κ1) is 18.4. The van der Waals surface area contributed by atoms with Crippen LogP contribution in [0.4, 0.5) is 0 Å². The van der Waals surface area contributed by atoms with E-state index in [2.05, 4.69) is 23.5 Å². The van der Waals surface area contributed by atoms with Crippen LogP contribution in [0.15, 0.2) is 0 Å². The highest BCUT2D eigenvalue weighted by molar-refractivity contribution is 7.89. The quantitative estimate of drug-likeness (QED) is 0.623. The number of carbonyl (C=O) groups is 1. The summed E-state index contributed by atoms with van der Waals surface area (Å²) >= 11 is 0. The topological polar surface area (TPSA) is 66.9 Å². The van der Waals surface area contributed by atoms with Crippen molar-refractivity contribution in [3.8, 4) is 0 Å². The van der Waals surface area contributed by atoms with Crippen molar-refractivity contribution >= 4 is 16.0 Å². The summed E-state index contributed by atoms with van der Waals surface area (Å²) in [7, 11) is -1.93. The molecule has 1 heterocycles. The minimum absolute atomic E-state index is 0.0219. The van der Waals surface area contributed by atoms with Gasteiger partial charge in [0.05, 0.1) is 12.9 Å². The van der Waals surface area contributed by atoms with E-state index in [0.717, 1.165) is 26.1 Å². The molecule has 0 atom stereocenters. The van der Waals surface area contributed by atoms with Gasteiger partial charge >= 0.3 is 5.97 Å². The van der Waals surface area contributed by atoms with Crippen LogP contribution in [0.1, 0.15) is 33.1 Å². The van der Waals surface area contributed by atoms with Crippen molar-refractivity contribution in [1.82, 2.24) is 9.21 Å². The van der Waals surface area contributed by atoms with Crippen molar-refractivity contribution in [2.45, 2.75) is 33.1 Å². The molecule has 0 N–H and O–H groups in total. The summed E-state index contributed by atoms with van der Waals surface area (Å²) in [5.41, 5.74) is 0. The molecule has 0 unspecified atom stereocenters. The molecule has 0 radical (unpaired) electrons. The Morgan fingerprint density at radius 3 is 2.33 bits per heavy atom. The lowest BCUT2D eigenvalue weighted by Gasteiger charge is -2.34. The Labute approximate surface area is 128 Å². The van der Waals surface area contributed by atoms with Crippen LogP contribution in [-0.2, 0) is 19.6 Å². The first-order valence-electron chi connectivity index (χ1n) is 7.62. The van der Waals surface area contributed by atoms with Crippen molar-refractivity contribution in [2.24, 2.45) is 5.92 Å². The van der Waals surface area contributed by atoms with Gasteiger partial charge in [-0.3, -0.25) is 4.79 Å². The van der Waals surface area contributed by atoms with Gasteiger partial charge in [-0.1, -0.05) is 13.8 Å². The van der Waals surface area contributed by atoms with Gasteiger partial charge in [0.25, 0.3) is 0 Å². The summed E-state index contributed by atoms with van der Waals surface area (Å²) in [6, 6.07) is 0. The van der Waals surface area contributed by atoms with E-state index in [0.29, 0.717) is 25.4 Å². The molecule has 7 heteroatoms. The Kier molecular flexibility index (Phi) is 7.62.